The summed E-state index contributed by atoms with van der Waals surface area (Å²) in [6, 6.07) is 2.44. The van der Waals surface area contributed by atoms with Gasteiger partial charge in [0.05, 0.1) is 23.3 Å². The van der Waals surface area contributed by atoms with Gasteiger partial charge in [0.15, 0.2) is 0 Å². The van der Waals surface area contributed by atoms with Crippen LogP contribution in [0.25, 0.3) is 0 Å². The van der Waals surface area contributed by atoms with Crippen LogP contribution in [0.2, 0.25) is 0 Å². The summed E-state index contributed by atoms with van der Waals surface area (Å²) in [5, 5.41) is 14.3. The predicted molar refractivity (Wildman–Crippen MR) is 119 cm³/mol. The lowest BCUT2D eigenvalue weighted by atomic mass is 9.92. The van der Waals surface area contributed by atoms with E-state index in [0.717, 1.165) is 36.5 Å². The van der Waals surface area contributed by atoms with Gasteiger partial charge in [-0.1, -0.05) is 27.2 Å². The molecule has 3 N–H and O–H groups in total. The summed E-state index contributed by atoms with van der Waals surface area (Å²) in [7, 11) is 0. The highest BCUT2D eigenvalue weighted by molar-refractivity contribution is 8.00. The van der Waals surface area contributed by atoms with E-state index < -0.39 is 0 Å². The molecule has 162 valence electrons. The standard InChI is InChI=1S/C21H35N5O2S/c1-20(2,3)15-11-16(26(25-15)21(4,5)6)23-17(27)10-8-7-9-14-18-13(12-29-14)22-19(28)24-18/h11,13-14,18H,7-10,12H2,1-6H3,(H,23,27)(H2,22,24,28)/t13-,14-,18-/m0/s1. The Hall–Kier alpha value is -1.70. The van der Waals surface area contributed by atoms with Gasteiger partial charge in [-0.3, -0.25) is 4.79 Å². The van der Waals surface area contributed by atoms with Crippen LogP contribution in [-0.4, -0.2) is 44.8 Å². The molecule has 2 fully saturated rings. The van der Waals surface area contributed by atoms with Gasteiger partial charge in [-0.15, -0.1) is 0 Å². The summed E-state index contributed by atoms with van der Waals surface area (Å²) in [4.78, 5) is 24.0. The normalized spacial score (nSPS) is 24.2. The molecule has 0 radical (unpaired) electrons. The number of nitrogens with zero attached hydrogens (tertiary/aromatic N) is 2. The van der Waals surface area contributed by atoms with Crippen LogP contribution in [0.5, 0.6) is 0 Å². The summed E-state index contributed by atoms with van der Waals surface area (Å²) in [5.41, 5.74) is 0.696. The lowest BCUT2D eigenvalue weighted by molar-refractivity contribution is -0.116. The first-order valence-electron chi connectivity index (χ1n) is 10.5. The van der Waals surface area contributed by atoms with Crippen molar-refractivity contribution in [3.05, 3.63) is 11.8 Å². The largest absolute Gasteiger partial charge is 0.332 e. The molecule has 29 heavy (non-hydrogen) atoms. The Balaban J connectivity index is 1.49. The fraction of sp³-hybridized carbons (Fsp3) is 0.762. The van der Waals surface area contributed by atoms with Gasteiger partial charge < -0.3 is 16.0 Å². The highest BCUT2D eigenvalue weighted by atomic mass is 32.2. The Morgan fingerprint density at radius 3 is 2.62 bits per heavy atom. The van der Waals surface area contributed by atoms with E-state index in [9.17, 15) is 9.59 Å². The summed E-state index contributed by atoms with van der Waals surface area (Å²) in [6.45, 7) is 12.6. The Morgan fingerprint density at radius 1 is 1.24 bits per heavy atom. The van der Waals surface area contributed by atoms with Gasteiger partial charge >= 0.3 is 6.03 Å². The van der Waals surface area contributed by atoms with Crippen molar-refractivity contribution in [1.82, 2.24) is 20.4 Å². The molecular weight excluding hydrogens is 386 g/mol. The van der Waals surface area contributed by atoms with Crippen molar-refractivity contribution in [2.45, 2.75) is 95.5 Å². The van der Waals surface area contributed by atoms with E-state index in [-0.39, 0.29) is 35.0 Å². The maximum atomic E-state index is 12.5. The molecule has 3 amide bonds. The maximum absolute atomic E-state index is 12.5. The van der Waals surface area contributed by atoms with Crippen LogP contribution >= 0.6 is 11.8 Å². The van der Waals surface area contributed by atoms with Crippen molar-refractivity contribution in [2.24, 2.45) is 0 Å². The lowest BCUT2D eigenvalue weighted by Gasteiger charge is -2.23. The third-order valence-electron chi connectivity index (χ3n) is 5.46. The molecular formula is C21H35N5O2S. The lowest BCUT2D eigenvalue weighted by Crippen LogP contribution is -2.36. The van der Waals surface area contributed by atoms with Crippen molar-refractivity contribution in [3.63, 3.8) is 0 Å². The molecule has 1 aromatic heterocycles. The minimum absolute atomic E-state index is 0.0312. The monoisotopic (exact) mass is 421 g/mol. The van der Waals surface area contributed by atoms with Crippen LogP contribution in [-0.2, 0) is 15.7 Å². The second kappa shape index (κ2) is 8.20. The molecule has 0 aromatic carbocycles. The summed E-state index contributed by atoms with van der Waals surface area (Å²) < 4.78 is 1.91. The zero-order chi connectivity index (χ0) is 21.4. The van der Waals surface area contributed by atoms with Crippen LogP contribution in [0.3, 0.4) is 0 Å². The van der Waals surface area contributed by atoms with Crippen LogP contribution in [0, 0.1) is 0 Å². The quantitative estimate of drug-likeness (QED) is 0.484. The first kappa shape index (κ1) is 22.0. The number of hydrogen-bond donors (Lipinski definition) is 3. The van der Waals surface area contributed by atoms with Gasteiger partial charge in [0, 0.05) is 28.9 Å². The average molecular weight is 422 g/mol. The third kappa shape index (κ3) is 5.27. The molecule has 3 heterocycles. The molecule has 0 unspecified atom stereocenters. The topological polar surface area (TPSA) is 88.0 Å². The molecule has 2 aliphatic heterocycles. The highest BCUT2D eigenvalue weighted by Gasteiger charge is 2.42. The molecule has 3 atom stereocenters. The van der Waals surface area contributed by atoms with E-state index in [2.05, 4.69) is 57.5 Å². The Kier molecular flexibility index (Phi) is 6.22. The molecule has 7 nitrogen and oxygen atoms in total. The number of thioether (sulfide) groups is 1. The number of urea groups is 1. The second-order valence-electron chi connectivity index (χ2n) is 10.2. The third-order valence-corrected chi connectivity index (χ3v) is 6.97. The van der Waals surface area contributed by atoms with Crippen molar-refractivity contribution < 1.29 is 9.59 Å². The molecule has 0 bridgehead atoms. The van der Waals surface area contributed by atoms with Crippen molar-refractivity contribution in [3.8, 4) is 0 Å². The SMILES string of the molecule is CC(C)(C)c1cc(NC(=O)CCCC[C@@H]2SC[C@@H]3NC(=O)N[C@@H]32)n(C(C)(C)C)n1. The van der Waals surface area contributed by atoms with Crippen molar-refractivity contribution in [2.75, 3.05) is 11.1 Å². The van der Waals surface area contributed by atoms with E-state index >= 15 is 0 Å². The predicted octanol–water partition coefficient (Wildman–Crippen LogP) is 3.60. The van der Waals surface area contributed by atoms with E-state index in [1.807, 2.05) is 22.5 Å². The molecule has 8 heteroatoms. The summed E-state index contributed by atoms with van der Waals surface area (Å²) in [5.74, 6) is 1.77. The minimum Gasteiger partial charge on any atom is -0.332 e. The fourth-order valence-electron chi connectivity index (χ4n) is 3.83. The molecule has 0 aliphatic carbocycles. The zero-order valence-corrected chi connectivity index (χ0v) is 19.3. The maximum Gasteiger partial charge on any atom is 0.315 e. The summed E-state index contributed by atoms with van der Waals surface area (Å²) in [6.07, 6.45) is 3.35. The van der Waals surface area contributed by atoms with Gasteiger partial charge in [-0.25, -0.2) is 9.48 Å². The number of nitrogens with one attached hydrogen (secondary N) is 3. The van der Waals surface area contributed by atoms with E-state index in [1.165, 1.54) is 0 Å². The number of anilines is 1. The van der Waals surface area contributed by atoms with Gasteiger partial charge in [0.1, 0.15) is 5.82 Å². The van der Waals surface area contributed by atoms with E-state index in [0.29, 0.717) is 11.7 Å². The molecule has 0 saturated carbocycles. The number of carbonyl (C=O) groups is 2. The number of fused-ring (bicyclic) bond motifs is 1. The minimum atomic E-state index is -0.206. The second-order valence-corrected chi connectivity index (χ2v) is 11.4. The smallest absolute Gasteiger partial charge is 0.315 e. The summed E-state index contributed by atoms with van der Waals surface area (Å²) >= 11 is 1.92. The highest BCUT2D eigenvalue weighted by Crippen LogP contribution is 2.33. The van der Waals surface area contributed by atoms with Crippen molar-refractivity contribution in [1.29, 1.82) is 0 Å². The van der Waals surface area contributed by atoms with E-state index in [1.54, 1.807) is 0 Å². The number of rotatable bonds is 6. The molecule has 1 aromatic rings. The van der Waals surface area contributed by atoms with Gasteiger partial charge in [0.2, 0.25) is 5.91 Å². The molecule has 2 saturated heterocycles. The van der Waals surface area contributed by atoms with Gasteiger partial charge in [0.25, 0.3) is 0 Å². The average Bonchev–Trinajstić information content (AvgIpc) is 3.25. The Bertz CT molecular complexity index is 762. The van der Waals surface area contributed by atoms with Crippen LogP contribution in [0.4, 0.5) is 10.6 Å². The number of amides is 3. The Labute approximate surface area is 178 Å². The Morgan fingerprint density at radius 2 is 1.97 bits per heavy atom. The molecule has 0 spiro atoms. The van der Waals surface area contributed by atoms with E-state index in [4.69, 9.17) is 5.10 Å². The molecule has 2 aliphatic rings. The van der Waals surface area contributed by atoms with Crippen molar-refractivity contribution >= 4 is 29.5 Å². The zero-order valence-electron chi connectivity index (χ0n) is 18.5. The fourth-order valence-corrected chi connectivity index (χ4v) is 5.37. The van der Waals surface area contributed by atoms with Crippen LogP contribution in [0.15, 0.2) is 6.07 Å². The number of aromatic nitrogens is 2. The number of carbonyl (C=O) groups excluding carboxylic acids is 2. The first-order chi connectivity index (χ1) is 13.4. The van der Waals surface area contributed by atoms with Gasteiger partial charge in [-0.05, 0) is 33.6 Å². The number of unbranched alkanes of at least 4 members (excludes halogenated alkanes) is 1. The molecule has 3 rings (SSSR count). The van der Waals surface area contributed by atoms with Gasteiger partial charge in [-0.2, -0.15) is 16.9 Å². The number of hydrogen-bond acceptors (Lipinski definition) is 4. The first-order valence-corrected chi connectivity index (χ1v) is 11.6. The van der Waals surface area contributed by atoms with Crippen LogP contribution in [0.1, 0.15) is 72.9 Å². The van der Waals surface area contributed by atoms with Crippen LogP contribution < -0.4 is 16.0 Å².